The van der Waals surface area contributed by atoms with Crippen molar-refractivity contribution in [1.82, 2.24) is 10.2 Å². The number of rotatable bonds is 3. The summed E-state index contributed by atoms with van der Waals surface area (Å²) in [5.41, 5.74) is 0.631. The summed E-state index contributed by atoms with van der Waals surface area (Å²) in [7, 11) is 0. The van der Waals surface area contributed by atoms with E-state index in [1.165, 1.54) is 0 Å². The molecule has 122 valence electrons. The third-order valence-electron chi connectivity index (χ3n) is 3.25. The van der Waals surface area contributed by atoms with Gasteiger partial charge in [0.2, 0.25) is 0 Å². The summed E-state index contributed by atoms with van der Waals surface area (Å²) in [6.45, 7) is 2.67. The molecule has 1 N–H and O–H groups in total. The van der Waals surface area contributed by atoms with E-state index in [2.05, 4.69) is 5.32 Å². The Kier molecular flexibility index (Phi) is 8.97. The van der Waals surface area contributed by atoms with Crippen molar-refractivity contribution in [3.05, 3.63) is 34.9 Å². The van der Waals surface area contributed by atoms with Gasteiger partial charge in [-0.3, -0.25) is 4.90 Å². The second-order valence-corrected chi connectivity index (χ2v) is 5.11. The van der Waals surface area contributed by atoms with Gasteiger partial charge in [0.25, 0.3) is 0 Å². The fourth-order valence-corrected chi connectivity index (χ4v) is 2.58. The van der Waals surface area contributed by atoms with Gasteiger partial charge in [0.05, 0.1) is 6.42 Å². The fraction of sp³-hybridized carbons (Fsp3) is 0.538. The first-order chi connectivity index (χ1) is 8.96. The normalized spacial score (nSPS) is 17.5. The lowest BCUT2D eigenvalue weighted by atomic mass is 10.0. The standard InChI is InChI=1S/C13H16ClF3N2.2ClH/c14-11-3-1-2-10(8-11)12(9-13(15,16)17)19-6-4-18-5-7-19;;/h1-3,8,12,18H,4-7,9H2;2*1H/t12-;;/m0../s1. The Morgan fingerprint density at radius 3 is 2.33 bits per heavy atom. The van der Waals surface area contributed by atoms with Gasteiger partial charge in [0.1, 0.15) is 0 Å². The van der Waals surface area contributed by atoms with Crippen LogP contribution in [0.25, 0.3) is 0 Å². The van der Waals surface area contributed by atoms with Crippen LogP contribution in [0.1, 0.15) is 18.0 Å². The number of halogens is 6. The lowest BCUT2D eigenvalue weighted by Crippen LogP contribution is -2.46. The Morgan fingerprint density at radius 2 is 1.81 bits per heavy atom. The maximum Gasteiger partial charge on any atom is 0.390 e. The van der Waals surface area contributed by atoms with Crippen LogP contribution in [0.3, 0.4) is 0 Å². The summed E-state index contributed by atoms with van der Waals surface area (Å²) in [5, 5.41) is 3.62. The van der Waals surface area contributed by atoms with Gasteiger partial charge in [-0.15, -0.1) is 24.8 Å². The Bertz CT molecular complexity index is 423. The zero-order chi connectivity index (χ0) is 13.9. The third-order valence-corrected chi connectivity index (χ3v) is 3.49. The van der Waals surface area contributed by atoms with E-state index >= 15 is 0 Å². The maximum atomic E-state index is 12.8. The number of hydrogen-bond donors (Lipinski definition) is 1. The minimum absolute atomic E-state index is 0. The van der Waals surface area contributed by atoms with Gasteiger partial charge in [-0.1, -0.05) is 23.7 Å². The molecular formula is C13H18Cl3F3N2. The lowest BCUT2D eigenvalue weighted by molar-refractivity contribution is -0.148. The van der Waals surface area contributed by atoms with Gasteiger partial charge in [0.15, 0.2) is 0 Å². The number of piperazine rings is 1. The molecule has 21 heavy (non-hydrogen) atoms. The number of hydrogen-bond acceptors (Lipinski definition) is 2. The molecule has 2 rings (SSSR count). The Hall–Kier alpha value is -0.200. The van der Waals surface area contributed by atoms with Gasteiger partial charge in [-0.25, -0.2) is 0 Å². The quantitative estimate of drug-likeness (QED) is 0.868. The van der Waals surface area contributed by atoms with E-state index < -0.39 is 18.6 Å². The van der Waals surface area contributed by atoms with Crippen molar-refractivity contribution in [1.29, 1.82) is 0 Å². The second kappa shape index (κ2) is 9.06. The molecule has 0 saturated carbocycles. The summed E-state index contributed by atoms with van der Waals surface area (Å²) < 4.78 is 38.3. The van der Waals surface area contributed by atoms with Crippen LogP contribution in [0.4, 0.5) is 13.2 Å². The van der Waals surface area contributed by atoms with E-state index in [1.807, 2.05) is 4.90 Å². The highest BCUT2D eigenvalue weighted by atomic mass is 35.5. The van der Waals surface area contributed by atoms with Crippen LogP contribution in [0.15, 0.2) is 24.3 Å². The van der Waals surface area contributed by atoms with E-state index in [9.17, 15) is 13.2 Å². The first-order valence-corrected chi connectivity index (χ1v) is 6.60. The van der Waals surface area contributed by atoms with Crippen LogP contribution in [-0.4, -0.2) is 37.3 Å². The minimum atomic E-state index is -4.18. The molecule has 0 amide bonds. The molecule has 0 unspecified atom stereocenters. The number of benzene rings is 1. The molecule has 1 aliphatic heterocycles. The SMILES string of the molecule is Cl.Cl.FC(F)(F)C[C@@H](c1cccc(Cl)c1)N1CCNCC1. The van der Waals surface area contributed by atoms with Crippen molar-refractivity contribution >= 4 is 36.4 Å². The molecule has 2 nitrogen and oxygen atoms in total. The van der Waals surface area contributed by atoms with Gasteiger partial charge in [-0.2, -0.15) is 13.2 Å². The average Bonchev–Trinajstić information content (AvgIpc) is 2.36. The third kappa shape index (κ3) is 6.61. The maximum absolute atomic E-state index is 12.8. The summed E-state index contributed by atoms with van der Waals surface area (Å²) in [6.07, 6.45) is -5.02. The van der Waals surface area contributed by atoms with Gasteiger partial charge < -0.3 is 5.32 Å². The van der Waals surface area contributed by atoms with Crippen LogP contribution in [0.2, 0.25) is 5.02 Å². The zero-order valence-electron chi connectivity index (χ0n) is 11.2. The number of alkyl halides is 3. The van der Waals surface area contributed by atoms with Crippen molar-refractivity contribution in [2.75, 3.05) is 26.2 Å². The van der Waals surface area contributed by atoms with Crippen LogP contribution in [-0.2, 0) is 0 Å². The van der Waals surface area contributed by atoms with Crippen LogP contribution in [0, 0.1) is 0 Å². The van der Waals surface area contributed by atoms with E-state index in [0.29, 0.717) is 23.7 Å². The van der Waals surface area contributed by atoms with E-state index in [-0.39, 0.29) is 24.8 Å². The summed E-state index contributed by atoms with van der Waals surface area (Å²) in [5.74, 6) is 0. The molecule has 0 bridgehead atoms. The molecule has 1 fully saturated rings. The van der Waals surface area contributed by atoms with Crippen LogP contribution >= 0.6 is 36.4 Å². The molecular weight excluding hydrogens is 348 g/mol. The highest BCUT2D eigenvalue weighted by Gasteiger charge is 2.35. The Labute approximate surface area is 139 Å². The Morgan fingerprint density at radius 1 is 1.19 bits per heavy atom. The second-order valence-electron chi connectivity index (χ2n) is 4.68. The molecule has 1 saturated heterocycles. The molecule has 0 radical (unpaired) electrons. The van der Waals surface area contributed by atoms with E-state index in [0.717, 1.165) is 13.1 Å². The molecule has 1 aliphatic rings. The largest absolute Gasteiger partial charge is 0.390 e. The molecule has 0 spiro atoms. The minimum Gasteiger partial charge on any atom is -0.314 e. The predicted molar refractivity (Wildman–Crippen MR) is 83.8 cm³/mol. The summed E-state index contributed by atoms with van der Waals surface area (Å²) >= 11 is 5.89. The lowest BCUT2D eigenvalue weighted by Gasteiger charge is -2.35. The fourth-order valence-electron chi connectivity index (χ4n) is 2.38. The van der Waals surface area contributed by atoms with E-state index in [1.54, 1.807) is 24.3 Å². The molecule has 8 heteroatoms. The monoisotopic (exact) mass is 364 g/mol. The zero-order valence-corrected chi connectivity index (χ0v) is 13.6. The number of nitrogens with zero attached hydrogens (tertiary/aromatic N) is 1. The summed E-state index contributed by atoms with van der Waals surface area (Å²) in [4.78, 5) is 1.87. The van der Waals surface area contributed by atoms with Gasteiger partial charge in [0, 0.05) is 37.2 Å². The molecule has 1 atom stereocenters. The van der Waals surface area contributed by atoms with Gasteiger partial charge >= 0.3 is 6.18 Å². The topological polar surface area (TPSA) is 15.3 Å². The smallest absolute Gasteiger partial charge is 0.314 e. The highest BCUT2D eigenvalue weighted by molar-refractivity contribution is 6.30. The molecule has 1 aromatic carbocycles. The first kappa shape index (κ1) is 20.8. The van der Waals surface area contributed by atoms with Crippen molar-refractivity contribution in [2.24, 2.45) is 0 Å². The van der Waals surface area contributed by atoms with Crippen molar-refractivity contribution in [3.8, 4) is 0 Å². The van der Waals surface area contributed by atoms with Gasteiger partial charge in [-0.05, 0) is 17.7 Å². The predicted octanol–water partition coefficient (Wildman–Crippen LogP) is 4.08. The van der Waals surface area contributed by atoms with Crippen LogP contribution in [0.5, 0.6) is 0 Å². The Balaban J connectivity index is 0.00000200. The average molecular weight is 366 g/mol. The summed E-state index contributed by atoms with van der Waals surface area (Å²) in [6, 6.07) is 6.06. The molecule has 1 heterocycles. The van der Waals surface area contributed by atoms with Crippen LogP contribution < -0.4 is 5.32 Å². The van der Waals surface area contributed by atoms with Crippen molar-refractivity contribution < 1.29 is 13.2 Å². The van der Waals surface area contributed by atoms with Crippen molar-refractivity contribution in [3.63, 3.8) is 0 Å². The highest BCUT2D eigenvalue weighted by Crippen LogP contribution is 2.34. The molecule has 0 aromatic heterocycles. The number of nitrogens with one attached hydrogen (secondary N) is 1. The van der Waals surface area contributed by atoms with Crippen molar-refractivity contribution in [2.45, 2.75) is 18.6 Å². The first-order valence-electron chi connectivity index (χ1n) is 6.23. The van der Waals surface area contributed by atoms with E-state index in [4.69, 9.17) is 11.6 Å². The molecule has 0 aliphatic carbocycles. The molecule has 1 aromatic rings.